The van der Waals surface area contributed by atoms with Gasteiger partial charge in [0.25, 0.3) is 0 Å². The first-order valence-electron chi connectivity index (χ1n) is 10.3. The van der Waals surface area contributed by atoms with E-state index in [9.17, 15) is 4.57 Å². The number of rotatable bonds is 4. The van der Waals surface area contributed by atoms with E-state index in [0.717, 1.165) is 5.92 Å². The van der Waals surface area contributed by atoms with Crippen molar-refractivity contribution in [1.82, 2.24) is 0 Å². The molecule has 22 heavy (non-hydrogen) atoms. The average molecular weight is 324 g/mol. The van der Waals surface area contributed by atoms with E-state index in [-0.39, 0.29) is 0 Å². The van der Waals surface area contributed by atoms with Crippen molar-refractivity contribution in [3.05, 3.63) is 0 Å². The summed E-state index contributed by atoms with van der Waals surface area (Å²) in [6, 6.07) is 0. The van der Waals surface area contributed by atoms with Crippen molar-refractivity contribution in [2.75, 3.05) is 0 Å². The van der Waals surface area contributed by atoms with E-state index in [2.05, 4.69) is 6.92 Å². The van der Waals surface area contributed by atoms with Gasteiger partial charge in [-0.05, 0) is 44.4 Å². The van der Waals surface area contributed by atoms with Crippen molar-refractivity contribution in [2.24, 2.45) is 5.92 Å². The molecule has 3 saturated carbocycles. The Bertz CT molecular complexity index is 357. The van der Waals surface area contributed by atoms with E-state index in [1.807, 2.05) is 0 Å². The van der Waals surface area contributed by atoms with E-state index in [1.54, 1.807) is 0 Å². The first kappa shape index (κ1) is 17.1. The fourth-order valence-electron chi connectivity index (χ4n) is 5.86. The summed E-state index contributed by atoms with van der Waals surface area (Å²) in [7, 11) is -2.00. The molecule has 0 aromatic rings. The lowest BCUT2D eigenvalue weighted by Gasteiger charge is -2.45. The molecule has 3 aliphatic rings. The maximum Gasteiger partial charge on any atom is 0.0965 e. The molecule has 128 valence electrons. The molecule has 0 aromatic heterocycles. The van der Waals surface area contributed by atoms with E-state index < -0.39 is 7.14 Å². The molecule has 2 unspecified atom stereocenters. The minimum atomic E-state index is -2.00. The quantitative estimate of drug-likeness (QED) is 0.510. The van der Waals surface area contributed by atoms with Gasteiger partial charge in [0.15, 0.2) is 0 Å². The van der Waals surface area contributed by atoms with E-state index in [1.165, 1.54) is 96.3 Å². The summed E-state index contributed by atoms with van der Waals surface area (Å²) in [5.74, 6) is 0.874. The molecule has 2 heteroatoms. The zero-order valence-electron chi connectivity index (χ0n) is 14.8. The summed E-state index contributed by atoms with van der Waals surface area (Å²) < 4.78 is 14.5. The minimum Gasteiger partial charge on any atom is -0.323 e. The summed E-state index contributed by atoms with van der Waals surface area (Å²) in [6.07, 6.45) is 20.0. The Labute approximate surface area is 138 Å². The predicted octanol–water partition coefficient (Wildman–Crippen LogP) is 6.98. The third-order valence-corrected chi connectivity index (χ3v) is 12.1. The Morgan fingerprint density at radius 3 is 1.68 bits per heavy atom. The largest absolute Gasteiger partial charge is 0.323 e. The van der Waals surface area contributed by atoms with Gasteiger partial charge in [-0.15, -0.1) is 0 Å². The SMILES string of the molecule is CCC1CCCC(P(=O)(C2CCCCC2)C2CCCCC2)C1. The lowest BCUT2D eigenvalue weighted by atomic mass is 9.87. The zero-order chi connectivity index (χ0) is 15.4. The van der Waals surface area contributed by atoms with Gasteiger partial charge in [0.05, 0.1) is 7.14 Å². The standard InChI is InChI=1S/C20H37OP/c1-2-17-10-9-15-20(16-17)22(21,18-11-5-3-6-12-18)19-13-7-4-8-14-19/h17-20H,2-16H2,1H3. The van der Waals surface area contributed by atoms with Gasteiger partial charge in [0, 0.05) is 17.0 Å². The molecule has 0 N–H and O–H groups in total. The van der Waals surface area contributed by atoms with Crippen molar-refractivity contribution in [3.63, 3.8) is 0 Å². The van der Waals surface area contributed by atoms with Gasteiger partial charge in [-0.1, -0.05) is 64.7 Å². The van der Waals surface area contributed by atoms with Gasteiger partial charge >= 0.3 is 0 Å². The average Bonchev–Trinajstić information content (AvgIpc) is 2.62. The first-order chi connectivity index (χ1) is 10.7. The highest BCUT2D eigenvalue weighted by Gasteiger charge is 2.47. The topological polar surface area (TPSA) is 17.1 Å². The van der Waals surface area contributed by atoms with Crippen LogP contribution in [0.25, 0.3) is 0 Å². The van der Waals surface area contributed by atoms with Gasteiger partial charge in [0.1, 0.15) is 0 Å². The second-order valence-electron chi connectivity index (χ2n) is 8.44. The molecule has 3 fully saturated rings. The molecular formula is C20H37OP. The summed E-state index contributed by atoms with van der Waals surface area (Å²) in [5.41, 5.74) is 1.84. The highest BCUT2D eigenvalue weighted by molar-refractivity contribution is 7.66. The molecule has 1 nitrogen and oxygen atoms in total. The van der Waals surface area contributed by atoms with Crippen LogP contribution in [0.3, 0.4) is 0 Å². The van der Waals surface area contributed by atoms with Crippen LogP contribution in [0.5, 0.6) is 0 Å². The second kappa shape index (κ2) is 7.87. The van der Waals surface area contributed by atoms with Crippen LogP contribution in [0, 0.1) is 5.92 Å². The highest BCUT2D eigenvalue weighted by Crippen LogP contribution is 2.68. The third-order valence-electron chi connectivity index (χ3n) is 7.19. The molecule has 3 rings (SSSR count). The van der Waals surface area contributed by atoms with E-state index >= 15 is 0 Å². The van der Waals surface area contributed by atoms with Crippen LogP contribution in [0.1, 0.15) is 103 Å². The minimum absolute atomic E-state index is 0.609. The first-order valence-corrected chi connectivity index (χ1v) is 12.3. The normalized spacial score (nSPS) is 33.0. The molecule has 0 saturated heterocycles. The maximum atomic E-state index is 14.5. The third kappa shape index (κ3) is 3.50. The lowest BCUT2D eigenvalue weighted by Crippen LogP contribution is -2.33. The number of hydrogen-bond acceptors (Lipinski definition) is 1. The van der Waals surface area contributed by atoms with Crippen molar-refractivity contribution >= 4 is 7.14 Å². The van der Waals surface area contributed by atoms with Crippen molar-refractivity contribution < 1.29 is 4.57 Å². The molecular weight excluding hydrogens is 287 g/mol. The summed E-state index contributed by atoms with van der Waals surface area (Å²) >= 11 is 0. The van der Waals surface area contributed by atoms with Crippen LogP contribution in [0.15, 0.2) is 0 Å². The fourth-order valence-corrected chi connectivity index (χ4v) is 11.2. The van der Waals surface area contributed by atoms with Crippen LogP contribution in [0.2, 0.25) is 0 Å². The maximum absolute atomic E-state index is 14.5. The van der Waals surface area contributed by atoms with Crippen molar-refractivity contribution in [1.29, 1.82) is 0 Å². The van der Waals surface area contributed by atoms with E-state index in [4.69, 9.17) is 0 Å². The van der Waals surface area contributed by atoms with Gasteiger partial charge in [-0.3, -0.25) is 0 Å². The molecule has 3 aliphatic carbocycles. The Hall–Kier alpha value is 0.230. The lowest BCUT2D eigenvalue weighted by molar-refractivity contribution is 0.338. The Morgan fingerprint density at radius 1 is 0.682 bits per heavy atom. The molecule has 0 spiro atoms. The Balaban J connectivity index is 1.82. The van der Waals surface area contributed by atoms with Gasteiger partial charge in [-0.2, -0.15) is 0 Å². The smallest absolute Gasteiger partial charge is 0.0965 e. The van der Waals surface area contributed by atoms with Crippen LogP contribution in [-0.4, -0.2) is 17.0 Å². The fraction of sp³-hybridized carbons (Fsp3) is 1.00. The number of hydrogen-bond donors (Lipinski definition) is 0. The Kier molecular flexibility index (Phi) is 6.10. The van der Waals surface area contributed by atoms with Gasteiger partial charge in [-0.25, -0.2) is 0 Å². The molecule has 0 heterocycles. The summed E-state index contributed by atoms with van der Waals surface area (Å²) in [5, 5.41) is 0. The van der Waals surface area contributed by atoms with Gasteiger partial charge in [0.2, 0.25) is 0 Å². The molecule has 0 aliphatic heterocycles. The Morgan fingerprint density at radius 2 is 1.18 bits per heavy atom. The van der Waals surface area contributed by atoms with Crippen LogP contribution in [0.4, 0.5) is 0 Å². The zero-order valence-corrected chi connectivity index (χ0v) is 15.7. The monoisotopic (exact) mass is 324 g/mol. The summed E-state index contributed by atoms with van der Waals surface area (Å²) in [4.78, 5) is 0. The molecule has 0 amide bonds. The van der Waals surface area contributed by atoms with E-state index in [0.29, 0.717) is 17.0 Å². The predicted molar refractivity (Wildman–Crippen MR) is 97.4 cm³/mol. The van der Waals surface area contributed by atoms with Crippen LogP contribution < -0.4 is 0 Å². The van der Waals surface area contributed by atoms with Crippen LogP contribution in [-0.2, 0) is 4.57 Å². The second-order valence-corrected chi connectivity index (χ2v) is 12.2. The molecule has 0 radical (unpaired) electrons. The summed E-state index contributed by atoms with van der Waals surface area (Å²) in [6.45, 7) is 2.35. The van der Waals surface area contributed by atoms with Gasteiger partial charge < -0.3 is 4.57 Å². The van der Waals surface area contributed by atoms with Crippen molar-refractivity contribution in [2.45, 2.75) is 120 Å². The molecule has 2 atom stereocenters. The molecule has 0 bridgehead atoms. The van der Waals surface area contributed by atoms with Crippen molar-refractivity contribution in [3.8, 4) is 0 Å². The highest BCUT2D eigenvalue weighted by atomic mass is 31.2. The van der Waals surface area contributed by atoms with Crippen LogP contribution >= 0.6 is 7.14 Å². The molecule has 0 aromatic carbocycles.